The molecule has 1 aliphatic rings. The van der Waals surface area contributed by atoms with Crippen molar-refractivity contribution in [1.82, 2.24) is 14.8 Å². The van der Waals surface area contributed by atoms with Crippen LogP contribution in [0.1, 0.15) is 6.42 Å². The molecule has 0 saturated carbocycles. The van der Waals surface area contributed by atoms with Crippen LogP contribution in [0.2, 0.25) is 0 Å². The molecule has 1 aromatic heterocycles. The maximum Gasteiger partial charge on any atom is 0.246 e. The van der Waals surface area contributed by atoms with Crippen molar-refractivity contribution in [3.8, 4) is 5.88 Å². The number of aromatic nitrogens is 1. The van der Waals surface area contributed by atoms with Crippen LogP contribution in [-0.2, 0) is 4.79 Å². The van der Waals surface area contributed by atoms with Crippen LogP contribution in [-0.4, -0.2) is 60.5 Å². The molecule has 6 heteroatoms. The minimum absolute atomic E-state index is 0.0184. The predicted octanol–water partition coefficient (Wildman–Crippen LogP) is 1.32. The number of rotatable bonds is 5. The van der Waals surface area contributed by atoms with Crippen molar-refractivity contribution in [3.05, 3.63) is 36.3 Å². The van der Waals surface area contributed by atoms with E-state index < -0.39 is 5.95 Å². The fourth-order valence-electron chi connectivity index (χ4n) is 2.12. The Bertz CT molecular complexity index is 519. The van der Waals surface area contributed by atoms with Gasteiger partial charge in [0.2, 0.25) is 17.7 Å². The summed E-state index contributed by atoms with van der Waals surface area (Å²) in [6.07, 6.45) is 4.02. The molecule has 2 heterocycles. The van der Waals surface area contributed by atoms with Gasteiger partial charge in [-0.05, 0) is 20.2 Å². The highest BCUT2D eigenvalue weighted by atomic mass is 19.1. The third kappa shape index (κ3) is 4.82. The maximum atomic E-state index is 13.0. The van der Waals surface area contributed by atoms with Crippen LogP contribution in [0.15, 0.2) is 30.4 Å². The molecule has 2 rings (SSSR count). The van der Waals surface area contributed by atoms with Gasteiger partial charge in [-0.25, -0.2) is 0 Å². The van der Waals surface area contributed by atoms with Gasteiger partial charge in [-0.2, -0.15) is 9.37 Å². The van der Waals surface area contributed by atoms with E-state index in [0.717, 1.165) is 13.0 Å². The van der Waals surface area contributed by atoms with E-state index in [0.29, 0.717) is 13.1 Å². The van der Waals surface area contributed by atoms with Gasteiger partial charge in [-0.15, -0.1) is 0 Å². The second kappa shape index (κ2) is 7.17. The van der Waals surface area contributed by atoms with Crippen LogP contribution < -0.4 is 4.74 Å². The molecule has 0 bridgehead atoms. The standard InChI is InChI=1S/C15H20FN3O2/c1-18(2)9-4-7-15(20)19-10-8-12(11-19)21-14-6-3-5-13(16)17-14/h3-7,12H,8-11H2,1-2H3/b7-4+. The Morgan fingerprint density at radius 3 is 3.10 bits per heavy atom. The summed E-state index contributed by atoms with van der Waals surface area (Å²) in [5.41, 5.74) is 0. The van der Waals surface area contributed by atoms with Gasteiger partial charge in [0.1, 0.15) is 6.10 Å². The molecule has 1 saturated heterocycles. The Morgan fingerprint density at radius 2 is 2.38 bits per heavy atom. The van der Waals surface area contributed by atoms with Gasteiger partial charge in [-0.3, -0.25) is 4.79 Å². The van der Waals surface area contributed by atoms with Crippen LogP contribution in [0.5, 0.6) is 5.88 Å². The first-order valence-electron chi connectivity index (χ1n) is 6.94. The first-order valence-corrected chi connectivity index (χ1v) is 6.94. The lowest BCUT2D eigenvalue weighted by Crippen LogP contribution is -2.29. The normalized spacial score (nSPS) is 18.7. The van der Waals surface area contributed by atoms with Crippen molar-refractivity contribution < 1.29 is 13.9 Å². The lowest BCUT2D eigenvalue weighted by atomic mass is 10.3. The van der Waals surface area contributed by atoms with E-state index in [2.05, 4.69) is 4.98 Å². The molecule has 1 atom stereocenters. The van der Waals surface area contributed by atoms with Crippen LogP contribution in [0, 0.1) is 5.95 Å². The first-order chi connectivity index (χ1) is 10.0. The number of halogens is 1. The number of carbonyl (C=O) groups is 1. The summed E-state index contributed by atoms with van der Waals surface area (Å²) >= 11 is 0. The summed E-state index contributed by atoms with van der Waals surface area (Å²) in [6.45, 7) is 1.88. The number of hydrogen-bond acceptors (Lipinski definition) is 4. The molecular formula is C15H20FN3O2. The molecule has 1 aliphatic heterocycles. The van der Waals surface area contributed by atoms with Crippen molar-refractivity contribution in [2.45, 2.75) is 12.5 Å². The number of nitrogens with zero attached hydrogens (tertiary/aromatic N) is 3. The molecule has 21 heavy (non-hydrogen) atoms. The van der Waals surface area contributed by atoms with Crippen molar-refractivity contribution >= 4 is 5.91 Å². The SMILES string of the molecule is CN(C)C/C=C/C(=O)N1CCC(Oc2cccc(F)n2)C1. The van der Waals surface area contributed by atoms with Crippen LogP contribution in [0.4, 0.5) is 4.39 Å². The molecule has 1 fully saturated rings. The van der Waals surface area contributed by atoms with Gasteiger partial charge in [0.05, 0.1) is 6.54 Å². The second-order valence-corrected chi connectivity index (χ2v) is 5.28. The molecule has 1 aromatic rings. The molecule has 0 aliphatic carbocycles. The van der Waals surface area contributed by atoms with E-state index >= 15 is 0 Å². The Labute approximate surface area is 124 Å². The number of likely N-dealkylation sites (N-methyl/N-ethyl adjacent to an activating group) is 1. The minimum atomic E-state index is -0.565. The lowest BCUT2D eigenvalue weighted by molar-refractivity contribution is -0.125. The molecule has 0 aromatic carbocycles. The molecule has 0 radical (unpaired) electrons. The number of hydrogen-bond donors (Lipinski definition) is 0. The van der Waals surface area contributed by atoms with Crippen LogP contribution in [0.25, 0.3) is 0 Å². The first kappa shape index (κ1) is 15.4. The number of carbonyl (C=O) groups excluding carboxylic acids is 1. The summed E-state index contributed by atoms with van der Waals surface area (Å²) in [4.78, 5) is 19.3. The number of amides is 1. The van der Waals surface area contributed by atoms with Crippen molar-refractivity contribution in [2.75, 3.05) is 33.7 Å². The summed E-state index contributed by atoms with van der Waals surface area (Å²) < 4.78 is 18.6. The topological polar surface area (TPSA) is 45.7 Å². The highest BCUT2D eigenvalue weighted by molar-refractivity contribution is 5.87. The summed E-state index contributed by atoms with van der Waals surface area (Å²) in [5.74, 6) is -0.322. The smallest absolute Gasteiger partial charge is 0.246 e. The van der Waals surface area contributed by atoms with Gasteiger partial charge in [-0.1, -0.05) is 12.1 Å². The number of ether oxygens (including phenoxy) is 1. The van der Waals surface area contributed by atoms with Crippen molar-refractivity contribution in [3.63, 3.8) is 0 Å². The third-order valence-corrected chi connectivity index (χ3v) is 3.16. The van der Waals surface area contributed by atoms with E-state index in [1.807, 2.05) is 25.1 Å². The molecule has 5 nitrogen and oxygen atoms in total. The highest BCUT2D eigenvalue weighted by Crippen LogP contribution is 2.17. The molecule has 1 unspecified atom stereocenters. The van der Waals surface area contributed by atoms with E-state index in [9.17, 15) is 9.18 Å². The molecule has 1 amide bonds. The number of likely N-dealkylation sites (tertiary alicyclic amines) is 1. The zero-order valence-corrected chi connectivity index (χ0v) is 12.3. The van der Waals surface area contributed by atoms with Gasteiger partial charge in [0.25, 0.3) is 0 Å². The second-order valence-electron chi connectivity index (χ2n) is 5.28. The Kier molecular flexibility index (Phi) is 5.27. The average Bonchev–Trinajstić information content (AvgIpc) is 2.87. The predicted molar refractivity (Wildman–Crippen MR) is 77.5 cm³/mol. The zero-order valence-electron chi connectivity index (χ0n) is 12.3. The molecular weight excluding hydrogens is 273 g/mol. The quantitative estimate of drug-likeness (QED) is 0.607. The third-order valence-electron chi connectivity index (χ3n) is 3.16. The Hall–Kier alpha value is -1.95. The number of pyridine rings is 1. The Balaban J connectivity index is 1.83. The largest absolute Gasteiger partial charge is 0.472 e. The van der Waals surface area contributed by atoms with E-state index in [-0.39, 0.29) is 17.9 Å². The van der Waals surface area contributed by atoms with Crippen molar-refractivity contribution in [1.29, 1.82) is 0 Å². The van der Waals surface area contributed by atoms with Gasteiger partial charge in [0, 0.05) is 31.7 Å². The molecule has 0 spiro atoms. The maximum absolute atomic E-state index is 13.0. The summed E-state index contributed by atoms with van der Waals surface area (Å²) in [5, 5.41) is 0. The minimum Gasteiger partial charge on any atom is -0.472 e. The molecule has 0 N–H and O–H groups in total. The molecule has 114 valence electrons. The lowest BCUT2D eigenvalue weighted by Gasteiger charge is -2.15. The van der Waals surface area contributed by atoms with E-state index in [1.165, 1.54) is 6.07 Å². The van der Waals surface area contributed by atoms with Crippen molar-refractivity contribution in [2.24, 2.45) is 0 Å². The van der Waals surface area contributed by atoms with Gasteiger partial charge in [0.15, 0.2) is 0 Å². The van der Waals surface area contributed by atoms with E-state index in [1.54, 1.807) is 23.1 Å². The highest BCUT2D eigenvalue weighted by Gasteiger charge is 2.26. The Morgan fingerprint density at radius 1 is 1.57 bits per heavy atom. The van der Waals surface area contributed by atoms with Crippen LogP contribution in [0.3, 0.4) is 0 Å². The average molecular weight is 293 g/mol. The summed E-state index contributed by atoms with van der Waals surface area (Å²) in [7, 11) is 3.89. The van der Waals surface area contributed by atoms with Gasteiger partial charge < -0.3 is 14.5 Å². The zero-order chi connectivity index (χ0) is 15.2. The summed E-state index contributed by atoms with van der Waals surface area (Å²) in [6, 6.07) is 4.44. The fraction of sp³-hybridized carbons (Fsp3) is 0.467. The van der Waals surface area contributed by atoms with Gasteiger partial charge >= 0.3 is 0 Å². The van der Waals surface area contributed by atoms with E-state index in [4.69, 9.17) is 4.74 Å². The fourth-order valence-corrected chi connectivity index (χ4v) is 2.12. The van der Waals surface area contributed by atoms with Crippen LogP contribution >= 0.6 is 0 Å². The monoisotopic (exact) mass is 293 g/mol.